The normalized spacial score (nSPS) is 34.2. The summed E-state index contributed by atoms with van der Waals surface area (Å²) < 4.78 is 4.93. The maximum Gasteiger partial charge on any atom is 0.314 e. The van der Waals surface area contributed by atoms with E-state index in [4.69, 9.17) is 4.74 Å². The summed E-state index contributed by atoms with van der Waals surface area (Å²) in [6.07, 6.45) is 4.24. The van der Waals surface area contributed by atoms with Gasteiger partial charge in [-0.15, -0.1) is 0 Å². The monoisotopic (exact) mass is 227 g/mol. The fourth-order valence-corrected chi connectivity index (χ4v) is 3.40. The lowest BCUT2D eigenvalue weighted by atomic mass is 9.69. The Morgan fingerprint density at radius 2 is 1.94 bits per heavy atom. The lowest BCUT2D eigenvalue weighted by Gasteiger charge is -2.40. The van der Waals surface area contributed by atoms with Gasteiger partial charge >= 0.3 is 5.97 Å². The van der Waals surface area contributed by atoms with E-state index in [2.05, 4.69) is 4.90 Å². The second-order valence-electron chi connectivity index (χ2n) is 5.30. The molecule has 0 aromatic rings. The Balaban J connectivity index is 2.29. The van der Waals surface area contributed by atoms with E-state index >= 15 is 0 Å². The van der Waals surface area contributed by atoms with Gasteiger partial charge in [0.05, 0.1) is 18.1 Å². The Kier molecular flexibility index (Phi) is 2.97. The topological polar surface area (TPSA) is 49.8 Å². The first kappa shape index (κ1) is 11.9. The molecule has 0 radical (unpaired) electrons. The number of carbonyl (C=O) groups is 1. The van der Waals surface area contributed by atoms with E-state index in [1.54, 1.807) is 0 Å². The molecule has 4 nitrogen and oxygen atoms in total. The van der Waals surface area contributed by atoms with Gasteiger partial charge in [0.1, 0.15) is 0 Å². The Bertz CT molecular complexity index is 286. The predicted octanol–water partition coefficient (Wildman–Crippen LogP) is 0.786. The van der Waals surface area contributed by atoms with Gasteiger partial charge in [-0.1, -0.05) is 12.8 Å². The lowest BCUT2D eigenvalue weighted by Crippen LogP contribution is -2.53. The van der Waals surface area contributed by atoms with Gasteiger partial charge in [-0.3, -0.25) is 4.79 Å². The number of methoxy groups -OCH3 is 1. The van der Waals surface area contributed by atoms with E-state index in [1.165, 1.54) is 7.11 Å². The minimum atomic E-state index is -0.884. The average Bonchev–Trinajstić information content (AvgIpc) is 2.86. The molecule has 2 aliphatic rings. The molecule has 1 saturated heterocycles. The highest BCUT2D eigenvalue weighted by molar-refractivity contribution is 5.79. The minimum Gasteiger partial charge on any atom is -0.469 e. The lowest BCUT2D eigenvalue weighted by molar-refractivity contribution is -0.171. The number of aliphatic hydroxyl groups is 1. The summed E-state index contributed by atoms with van der Waals surface area (Å²) in [4.78, 5) is 14.1. The van der Waals surface area contributed by atoms with Crippen LogP contribution in [0.25, 0.3) is 0 Å². The maximum atomic E-state index is 12.0. The first-order chi connectivity index (χ1) is 7.54. The third kappa shape index (κ3) is 1.55. The second kappa shape index (κ2) is 4.00. The van der Waals surface area contributed by atoms with Gasteiger partial charge in [-0.25, -0.2) is 0 Å². The molecule has 1 atom stereocenters. The molecule has 1 aliphatic carbocycles. The van der Waals surface area contributed by atoms with Crippen LogP contribution >= 0.6 is 0 Å². The Morgan fingerprint density at radius 1 is 1.31 bits per heavy atom. The summed E-state index contributed by atoms with van der Waals surface area (Å²) in [7, 11) is 3.41. The van der Waals surface area contributed by atoms with Gasteiger partial charge in [0.25, 0.3) is 0 Å². The van der Waals surface area contributed by atoms with Gasteiger partial charge in [-0.05, 0) is 26.3 Å². The van der Waals surface area contributed by atoms with Crippen molar-refractivity contribution in [2.45, 2.75) is 37.7 Å². The Hall–Kier alpha value is -0.610. The van der Waals surface area contributed by atoms with Gasteiger partial charge < -0.3 is 14.7 Å². The molecule has 2 fully saturated rings. The third-order valence-corrected chi connectivity index (χ3v) is 4.36. The van der Waals surface area contributed by atoms with Crippen LogP contribution in [-0.2, 0) is 9.53 Å². The van der Waals surface area contributed by atoms with Crippen molar-refractivity contribution < 1.29 is 14.6 Å². The van der Waals surface area contributed by atoms with Crippen LogP contribution in [0, 0.1) is 5.41 Å². The molecule has 1 heterocycles. The number of hydrogen-bond donors (Lipinski definition) is 1. The molecule has 0 spiro atoms. The first-order valence-electron chi connectivity index (χ1n) is 6.03. The number of rotatable bonds is 2. The van der Waals surface area contributed by atoms with E-state index in [0.717, 1.165) is 32.2 Å². The number of likely N-dealkylation sites (tertiary alicyclic amines) is 1. The third-order valence-electron chi connectivity index (χ3n) is 4.36. The SMILES string of the molecule is COC(=O)C1(C2(O)CCN(C)C2)CCCC1. The highest BCUT2D eigenvalue weighted by atomic mass is 16.5. The number of nitrogens with zero attached hydrogens (tertiary/aromatic N) is 1. The number of hydrogen-bond acceptors (Lipinski definition) is 4. The molecule has 0 aromatic heterocycles. The van der Waals surface area contributed by atoms with E-state index in [9.17, 15) is 9.90 Å². The van der Waals surface area contributed by atoms with Crippen molar-refractivity contribution in [2.24, 2.45) is 5.41 Å². The quantitative estimate of drug-likeness (QED) is 0.708. The standard InChI is InChI=1S/C12H21NO3/c1-13-8-7-12(15,9-13)11(10(14)16-2)5-3-4-6-11/h15H,3-9H2,1-2H3. The highest BCUT2D eigenvalue weighted by Crippen LogP contribution is 2.50. The van der Waals surface area contributed by atoms with Gasteiger partial charge in [0.2, 0.25) is 0 Å². The van der Waals surface area contributed by atoms with Crippen LogP contribution in [0.4, 0.5) is 0 Å². The molecule has 1 aliphatic heterocycles. The molecule has 2 rings (SSSR count). The number of ether oxygens (including phenoxy) is 1. The molecule has 1 N–H and O–H groups in total. The molecular weight excluding hydrogens is 206 g/mol. The number of likely N-dealkylation sites (N-methyl/N-ethyl adjacent to an activating group) is 1. The van der Waals surface area contributed by atoms with Crippen molar-refractivity contribution in [3.05, 3.63) is 0 Å². The van der Waals surface area contributed by atoms with E-state index in [0.29, 0.717) is 13.0 Å². The highest BCUT2D eigenvalue weighted by Gasteiger charge is 2.59. The van der Waals surface area contributed by atoms with Crippen LogP contribution in [0.15, 0.2) is 0 Å². The van der Waals surface area contributed by atoms with Gasteiger partial charge in [0, 0.05) is 13.1 Å². The molecule has 92 valence electrons. The zero-order valence-electron chi connectivity index (χ0n) is 10.2. The summed E-state index contributed by atoms with van der Waals surface area (Å²) in [6.45, 7) is 1.44. The van der Waals surface area contributed by atoms with Gasteiger partial charge in [-0.2, -0.15) is 0 Å². The molecule has 1 unspecified atom stereocenters. The average molecular weight is 227 g/mol. The van der Waals surface area contributed by atoms with Crippen LogP contribution in [-0.4, -0.2) is 48.8 Å². The summed E-state index contributed by atoms with van der Waals surface area (Å²) in [6, 6.07) is 0. The second-order valence-corrected chi connectivity index (χ2v) is 5.30. The fraction of sp³-hybridized carbons (Fsp3) is 0.917. The minimum absolute atomic E-state index is 0.220. The van der Waals surface area contributed by atoms with Crippen LogP contribution in [0.2, 0.25) is 0 Å². The van der Waals surface area contributed by atoms with Crippen molar-refractivity contribution in [3.8, 4) is 0 Å². The predicted molar refractivity (Wildman–Crippen MR) is 60.0 cm³/mol. The van der Waals surface area contributed by atoms with Crippen LogP contribution in [0.1, 0.15) is 32.1 Å². The summed E-state index contributed by atoms with van der Waals surface area (Å²) in [5, 5.41) is 10.8. The Morgan fingerprint density at radius 3 is 2.38 bits per heavy atom. The summed E-state index contributed by atoms with van der Waals surface area (Å²) >= 11 is 0. The molecule has 16 heavy (non-hydrogen) atoms. The summed E-state index contributed by atoms with van der Waals surface area (Å²) in [5.41, 5.74) is -1.53. The Labute approximate surface area is 96.6 Å². The number of β-amino-alcohol motifs (C(OH)–C–C–N with tert-alkyl or cyclic N) is 1. The molecular formula is C12H21NO3. The van der Waals surface area contributed by atoms with Gasteiger partial charge in [0.15, 0.2) is 0 Å². The molecule has 0 bridgehead atoms. The van der Waals surface area contributed by atoms with E-state index in [-0.39, 0.29) is 5.97 Å². The fourth-order valence-electron chi connectivity index (χ4n) is 3.40. The van der Waals surface area contributed by atoms with Crippen LogP contribution in [0.5, 0.6) is 0 Å². The maximum absolute atomic E-state index is 12.0. The zero-order valence-corrected chi connectivity index (χ0v) is 10.2. The van der Waals surface area contributed by atoms with Crippen molar-refractivity contribution in [1.82, 2.24) is 4.90 Å². The number of esters is 1. The zero-order chi connectivity index (χ0) is 11.8. The van der Waals surface area contributed by atoms with Crippen molar-refractivity contribution in [3.63, 3.8) is 0 Å². The molecule has 0 aromatic carbocycles. The largest absolute Gasteiger partial charge is 0.469 e. The molecule has 0 amide bonds. The van der Waals surface area contributed by atoms with E-state index in [1.807, 2.05) is 7.05 Å². The van der Waals surface area contributed by atoms with Crippen LogP contribution < -0.4 is 0 Å². The van der Waals surface area contributed by atoms with Crippen molar-refractivity contribution >= 4 is 5.97 Å². The summed E-state index contributed by atoms with van der Waals surface area (Å²) in [5.74, 6) is -0.220. The van der Waals surface area contributed by atoms with Crippen molar-refractivity contribution in [2.75, 3.05) is 27.2 Å². The van der Waals surface area contributed by atoms with Crippen LogP contribution in [0.3, 0.4) is 0 Å². The smallest absolute Gasteiger partial charge is 0.314 e. The van der Waals surface area contributed by atoms with Crippen molar-refractivity contribution in [1.29, 1.82) is 0 Å². The number of carbonyl (C=O) groups excluding carboxylic acids is 1. The molecule has 1 saturated carbocycles. The first-order valence-corrected chi connectivity index (χ1v) is 6.03. The van der Waals surface area contributed by atoms with E-state index < -0.39 is 11.0 Å². The molecule has 4 heteroatoms.